The van der Waals surface area contributed by atoms with Gasteiger partial charge in [-0.15, -0.1) is 10.2 Å². The first-order chi connectivity index (χ1) is 17.0. The fourth-order valence-corrected chi connectivity index (χ4v) is 4.50. The molecule has 1 N–H and O–H groups in total. The normalized spacial score (nSPS) is 16.9. The highest BCUT2D eigenvalue weighted by molar-refractivity contribution is 6.31. The van der Waals surface area contributed by atoms with Gasteiger partial charge in [-0.05, 0) is 43.3 Å². The maximum atomic E-state index is 15.1. The summed E-state index contributed by atoms with van der Waals surface area (Å²) < 4.78 is 25.7. The zero-order valence-corrected chi connectivity index (χ0v) is 19.9. The molecule has 0 bridgehead atoms. The van der Waals surface area contributed by atoms with E-state index in [1.54, 1.807) is 12.1 Å². The highest BCUT2D eigenvalue weighted by Crippen LogP contribution is 2.36. The Morgan fingerprint density at radius 2 is 2.03 bits per heavy atom. The molecule has 3 heterocycles. The van der Waals surface area contributed by atoms with Gasteiger partial charge in [0.15, 0.2) is 0 Å². The van der Waals surface area contributed by atoms with E-state index < -0.39 is 11.9 Å². The number of morpholine rings is 1. The number of methoxy groups -OCH3 is 1. The molecule has 0 saturated carbocycles. The van der Waals surface area contributed by atoms with Gasteiger partial charge in [0.2, 0.25) is 5.88 Å². The molecule has 1 saturated heterocycles. The number of rotatable bonds is 5. The van der Waals surface area contributed by atoms with E-state index in [2.05, 4.69) is 32.0 Å². The minimum Gasteiger partial charge on any atom is -0.480 e. The van der Waals surface area contributed by atoms with Crippen molar-refractivity contribution in [3.8, 4) is 17.1 Å². The number of aromatic nitrogens is 4. The Labute approximate surface area is 206 Å². The van der Waals surface area contributed by atoms with E-state index in [-0.39, 0.29) is 27.9 Å². The van der Waals surface area contributed by atoms with Crippen molar-refractivity contribution in [1.82, 2.24) is 20.2 Å². The highest BCUT2D eigenvalue weighted by atomic mass is 35.5. The van der Waals surface area contributed by atoms with Crippen LogP contribution in [-0.2, 0) is 4.74 Å². The summed E-state index contributed by atoms with van der Waals surface area (Å²) in [6.07, 6.45) is 0.186. The zero-order chi connectivity index (χ0) is 24.5. The maximum absolute atomic E-state index is 15.1. The van der Waals surface area contributed by atoms with Crippen LogP contribution in [0.5, 0.6) is 5.88 Å². The summed E-state index contributed by atoms with van der Waals surface area (Å²) in [4.78, 5) is 11.0. The Hall–Kier alpha value is -3.40. The smallest absolute Gasteiger partial charge is 0.233 e. The number of benzene rings is 2. The lowest BCUT2D eigenvalue weighted by Crippen LogP contribution is -2.43. The van der Waals surface area contributed by atoms with Crippen molar-refractivity contribution in [2.24, 2.45) is 0 Å². The summed E-state index contributed by atoms with van der Waals surface area (Å²) in [5.41, 5.74) is 2.84. The van der Waals surface area contributed by atoms with Crippen LogP contribution in [0, 0.1) is 5.82 Å². The maximum Gasteiger partial charge on any atom is 0.233 e. The SMILES string of the molecule is COc1ccc(C(O)c2cc(-c3ncnc4cc(N5CCOC[C@@H]5C)ccc34)c(F)cc2Cl)nn1. The van der Waals surface area contributed by atoms with Gasteiger partial charge in [-0.3, -0.25) is 0 Å². The molecule has 10 heteroatoms. The van der Waals surface area contributed by atoms with E-state index in [4.69, 9.17) is 21.1 Å². The number of aliphatic hydroxyl groups is 1. The molecule has 35 heavy (non-hydrogen) atoms. The van der Waals surface area contributed by atoms with Crippen molar-refractivity contribution in [3.63, 3.8) is 0 Å². The molecule has 0 spiro atoms. The molecule has 2 atom stereocenters. The Balaban J connectivity index is 1.56. The molecule has 0 aliphatic carbocycles. The molecular formula is C25H23ClFN5O3. The lowest BCUT2D eigenvalue weighted by Gasteiger charge is -2.35. The van der Waals surface area contributed by atoms with Crippen molar-refractivity contribution < 1.29 is 19.0 Å². The van der Waals surface area contributed by atoms with Crippen LogP contribution < -0.4 is 9.64 Å². The van der Waals surface area contributed by atoms with Gasteiger partial charge >= 0.3 is 0 Å². The molecule has 2 aromatic heterocycles. The monoisotopic (exact) mass is 495 g/mol. The summed E-state index contributed by atoms with van der Waals surface area (Å²) in [6.45, 7) is 4.22. The minimum absolute atomic E-state index is 0.0679. The Kier molecular flexibility index (Phi) is 6.46. The largest absolute Gasteiger partial charge is 0.480 e. The van der Waals surface area contributed by atoms with Crippen LogP contribution in [-0.4, -0.2) is 58.2 Å². The predicted octanol–water partition coefficient (Wildman–Crippen LogP) is 4.19. The van der Waals surface area contributed by atoms with Gasteiger partial charge in [0.25, 0.3) is 0 Å². The summed E-state index contributed by atoms with van der Waals surface area (Å²) in [5, 5.41) is 19.5. The van der Waals surface area contributed by atoms with E-state index in [0.29, 0.717) is 35.7 Å². The van der Waals surface area contributed by atoms with Crippen LogP contribution in [0.4, 0.5) is 10.1 Å². The number of hydrogen-bond donors (Lipinski definition) is 1. The lowest BCUT2D eigenvalue weighted by molar-refractivity contribution is 0.0989. The lowest BCUT2D eigenvalue weighted by atomic mass is 9.99. The Bertz CT molecular complexity index is 1370. The Morgan fingerprint density at radius 3 is 2.77 bits per heavy atom. The third-order valence-electron chi connectivity index (χ3n) is 6.11. The van der Waals surface area contributed by atoms with Crippen molar-refractivity contribution >= 4 is 28.2 Å². The summed E-state index contributed by atoms with van der Waals surface area (Å²) in [5.74, 6) is -0.247. The third-order valence-corrected chi connectivity index (χ3v) is 6.43. The zero-order valence-electron chi connectivity index (χ0n) is 19.2. The number of halogens is 2. The number of ether oxygens (including phenoxy) is 2. The van der Waals surface area contributed by atoms with Gasteiger partial charge in [-0.25, -0.2) is 14.4 Å². The number of aliphatic hydroxyl groups excluding tert-OH is 1. The summed E-state index contributed by atoms with van der Waals surface area (Å²) in [6, 6.07) is 11.9. The van der Waals surface area contributed by atoms with Gasteiger partial charge in [0.1, 0.15) is 18.2 Å². The topological polar surface area (TPSA) is 93.5 Å². The summed E-state index contributed by atoms with van der Waals surface area (Å²) >= 11 is 6.31. The van der Waals surface area contributed by atoms with Crippen LogP contribution in [0.25, 0.3) is 22.2 Å². The van der Waals surface area contributed by atoms with Crippen molar-refractivity contribution in [2.45, 2.75) is 19.1 Å². The average molecular weight is 496 g/mol. The number of anilines is 1. The molecule has 2 aromatic carbocycles. The first-order valence-corrected chi connectivity index (χ1v) is 11.5. The molecule has 1 aliphatic heterocycles. The molecule has 4 aromatic rings. The van der Waals surface area contributed by atoms with Crippen LogP contribution >= 0.6 is 11.6 Å². The molecule has 180 valence electrons. The molecule has 8 nitrogen and oxygen atoms in total. The standard InChI is InChI=1S/C25H23ClFN5O3/c1-14-12-35-8-7-32(14)15-3-4-16-22(9-15)28-13-29-24(16)18-10-17(19(26)11-20(18)27)25(33)21-5-6-23(34-2)31-30-21/h3-6,9-11,13-14,25,33H,7-8,12H2,1-2H3/t14-,25?/m0/s1. The van der Waals surface area contributed by atoms with Gasteiger partial charge in [-0.2, -0.15) is 0 Å². The van der Waals surface area contributed by atoms with Gasteiger partial charge in [0.05, 0.1) is 37.2 Å². The molecule has 1 aliphatic rings. The second-order valence-electron chi connectivity index (χ2n) is 8.30. The Morgan fingerprint density at radius 1 is 1.17 bits per heavy atom. The van der Waals surface area contributed by atoms with E-state index in [1.165, 1.54) is 25.6 Å². The number of fused-ring (bicyclic) bond motifs is 1. The van der Waals surface area contributed by atoms with Gasteiger partial charge in [0, 0.05) is 45.9 Å². The molecule has 5 rings (SSSR count). The van der Waals surface area contributed by atoms with Gasteiger partial charge in [-0.1, -0.05) is 11.6 Å². The fourth-order valence-electron chi connectivity index (χ4n) is 4.25. The van der Waals surface area contributed by atoms with Crippen molar-refractivity contribution in [2.75, 3.05) is 31.8 Å². The minimum atomic E-state index is -1.22. The van der Waals surface area contributed by atoms with Crippen molar-refractivity contribution in [1.29, 1.82) is 0 Å². The molecule has 1 fully saturated rings. The number of nitrogens with zero attached hydrogens (tertiary/aromatic N) is 5. The van der Waals surface area contributed by atoms with Crippen LogP contribution in [0.2, 0.25) is 5.02 Å². The fraction of sp³-hybridized carbons (Fsp3) is 0.280. The quantitative estimate of drug-likeness (QED) is 0.440. The first kappa shape index (κ1) is 23.3. The van der Waals surface area contributed by atoms with E-state index in [0.717, 1.165) is 12.2 Å². The number of hydrogen-bond acceptors (Lipinski definition) is 8. The molecular weight excluding hydrogens is 473 g/mol. The second kappa shape index (κ2) is 9.69. The average Bonchev–Trinajstić information content (AvgIpc) is 2.88. The third kappa shape index (κ3) is 4.50. The second-order valence-corrected chi connectivity index (χ2v) is 8.70. The van der Waals surface area contributed by atoms with Crippen LogP contribution in [0.1, 0.15) is 24.3 Å². The van der Waals surface area contributed by atoms with E-state index >= 15 is 4.39 Å². The van der Waals surface area contributed by atoms with Crippen LogP contribution in [0.3, 0.4) is 0 Å². The molecule has 0 radical (unpaired) electrons. The molecule has 1 unspecified atom stereocenters. The van der Waals surface area contributed by atoms with Crippen molar-refractivity contribution in [3.05, 3.63) is 70.9 Å². The highest BCUT2D eigenvalue weighted by Gasteiger charge is 2.23. The van der Waals surface area contributed by atoms with Gasteiger partial charge < -0.3 is 19.5 Å². The molecule has 0 amide bonds. The summed E-state index contributed by atoms with van der Waals surface area (Å²) in [7, 11) is 1.47. The van der Waals surface area contributed by atoms with E-state index in [1.807, 2.05) is 18.2 Å². The first-order valence-electron chi connectivity index (χ1n) is 11.1. The predicted molar refractivity (Wildman–Crippen MR) is 130 cm³/mol. The van der Waals surface area contributed by atoms with E-state index in [9.17, 15) is 5.11 Å². The van der Waals surface area contributed by atoms with Crippen LogP contribution in [0.15, 0.2) is 48.8 Å².